The summed E-state index contributed by atoms with van der Waals surface area (Å²) >= 11 is 0. The highest BCUT2D eigenvalue weighted by atomic mass is 16.4. The van der Waals surface area contributed by atoms with Crippen LogP contribution in [0.25, 0.3) is 0 Å². The molecule has 0 spiro atoms. The molecule has 3 N–H and O–H groups in total. The third-order valence-corrected chi connectivity index (χ3v) is 3.54. The number of carbonyl (C=O) groups excluding carboxylic acids is 2. The predicted molar refractivity (Wildman–Crippen MR) is 64.5 cm³/mol. The Hall–Kier alpha value is -1.59. The van der Waals surface area contributed by atoms with E-state index in [4.69, 9.17) is 10.8 Å². The number of rotatable bonds is 5. The first-order valence-electron chi connectivity index (χ1n) is 6.03. The molecule has 1 unspecified atom stereocenters. The molecule has 102 valence electrons. The van der Waals surface area contributed by atoms with Gasteiger partial charge in [-0.15, -0.1) is 0 Å². The number of nitrogens with two attached hydrogens (primary N) is 1. The minimum Gasteiger partial charge on any atom is -0.480 e. The number of hydrogen-bond donors (Lipinski definition) is 2. The van der Waals surface area contributed by atoms with E-state index in [2.05, 4.69) is 0 Å². The van der Waals surface area contributed by atoms with Crippen molar-refractivity contribution >= 4 is 17.8 Å². The van der Waals surface area contributed by atoms with Crippen LogP contribution in [0.2, 0.25) is 0 Å². The Morgan fingerprint density at radius 2 is 1.94 bits per heavy atom. The maximum Gasteiger partial charge on any atom is 0.323 e. The van der Waals surface area contributed by atoms with E-state index in [9.17, 15) is 14.4 Å². The lowest BCUT2D eigenvalue weighted by atomic mass is 9.81. The van der Waals surface area contributed by atoms with Gasteiger partial charge in [-0.25, -0.2) is 0 Å². The summed E-state index contributed by atoms with van der Waals surface area (Å²) < 4.78 is 0. The van der Waals surface area contributed by atoms with Crippen LogP contribution in [0, 0.1) is 11.3 Å². The van der Waals surface area contributed by atoms with Crippen molar-refractivity contribution in [3.05, 3.63) is 0 Å². The molecule has 1 atom stereocenters. The summed E-state index contributed by atoms with van der Waals surface area (Å²) in [5.74, 6) is -2.34. The highest BCUT2D eigenvalue weighted by Gasteiger charge is 2.41. The number of hydrogen-bond acceptors (Lipinski definition) is 3. The standard InChI is InChI=1S/C12H20N2O4/c1-12(2)5-3-4-8(12)11(18)14(6-9(13)15)7-10(16)17/h8H,3-7H2,1-2H3,(H2,13,15)(H,16,17). The summed E-state index contributed by atoms with van der Waals surface area (Å²) in [6.07, 6.45) is 2.61. The lowest BCUT2D eigenvalue weighted by Gasteiger charge is -2.30. The molecule has 0 aliphatic heterocycles. The smallest absolute Gasteiger partial charge is 0.323 e. The van der Waals surface area contributed by atoms with Gasteiger partial charge >= 0.3 is 5.97 Å². The van der Waals surface area contributed by atoms with Crippen molar-refractivity contribution in [2.75, 3.05) is 13.1 Å². The molecule has 1 saturated carbocycles. The molecule has 2 amide bonds. The van der Waals surface area contributed by atoms with Crippen LogP contribution in [-0.4, -0.2) is 40.9 Å². The summed E-state index contributed by atoms with van der Waals surface area (Å²) in [5.41, 5.74) is 4.90. The molecular formula is C12H20N2O4. The van der Waals surface area contributed by atoms with Gasteiger partial charge in [0.25, 0.3) is 0 Å². The van der Waals surface area contributed by atoms with Gasteiger partial charge in [-0.2, -0.15) is 0 Å². The zero-order valence-corrected chi connectivity index (χ0v) is 10.8. The van der Waals surface area contributed by atoms with E-state index >= 15 is 0 Å². The molecule has 18 heavy (non-hydrogen) atoms. The molecule has 0 aromatic heterocycles. The van der Waals surface area contributed by atoms with E-state index in [0.717, 1.165) is 24.2 Å². The van der Waals surface area contributed by atoms with E-state index in [1.165, 1.54) is 0 Å². The van der Waals surface area contributed by atoms with Gasteiger partial charge in [0.15, 0.2) is 0 Å². The van der Waals surface area contributed by atoms with Crippen LogP contribution in [0.1, 0.15) is 33.1 Å². The lowest BCUT2D eigenvalue weighted by molar-refractivity contribution is -0.149. The topological polar surface area (TPSA) is 101 Å². The number of nitrogens with zero attached hydrogens (tertiary/aromatic N) is 1. The Morgan fingerprint density at radius 1 is 1.33 bits per heavy atom. The molecule has 0 bridgehead atoms. The van der Waals surface area contributed by atoms with Crippen molar-refractivity contribution in [3.63, 3.8) is 0 Å². The fourth-order valence-corrected chi connectivity index (χ4v) is 2.57. The van der Waals surface area contributed by atoms with Gasteiger partial charge in [-0.05, 0) is 18.3 Å². The van der Waals surface area contributed by atoms with Gasteiger partial charge < -0.3 is 15.7 Å². The van der Waals surface area contributed by atoms with Crippen LogP contribution in [0.4, 0.5) is 0 Å². The van der Waals surface area contributed by atoms with Crippen molar-refractivity contribution in [2.24, 2.45) is 17.1 Å². The zero-order valence-electron chi connectivity index (χ0n) is 10.8. The molecule has 1 rings (SSSR count). The first-order chi connectivity index (χ1) is 8.24. The first-order valence-corrected chi connectivity index (χ1v) is 6.03. The number of carboxylic acids is 1. The molecule has 1 aliphatic rings. The Labute approximate surface area is 106 Å². The van der Waals surface area contributed by atoms with E-state index in [0.29, 0.717) is 0 Å². The molecule has 0 aromatic carbocycles. The molecule has 0 radical (unpaired) electrons. The molecule has 0 heterocycles. The van der Waals surface area contributed by atoms with Gasteiger partial charge in [-0.1, -0.05) is 20.3 Å². The van der Waals surface area contributed by atoms with Crippen molar-refractivity contribution in [1.82, 2.24) is 4.90 Å². The van der Waals surface area contributed by atoms with E-state index in [-0.39, 0.29) is 23.8 Å². The van der Waals surface area contributed by atoms with Crippen LogP contribution >= 0.6 is 0 Å². The Kier molecular flexibility index (Phi) is 4.32. The minimum atomic E-state index is -1.14. The molecule has 6 nitrogen and oxygen atoms in total. The first kappa shape index (κ1) is 14.5. The Bertz CT molecular complexity index is 349. The summed E-state index contributed by atoms with van der Waals surface area (Å²) in [7, 11) is 0. The molecule has 0 saturated heterocycles. The SMILES string of the molecule is CC1(C)CCCC1C(=O)N(CC(N)=O)CC(=O)O. The third-order valence-electron chi connectivity index (χ3n) is 3.54. The van der Waals surface area contributed by atoms with Crippen LogP contribution in [-0.2, 0) is 14.4 Å². The number of primary amides is 1. The summed E-state index contributed by atoms with van der Waals surface area (Å²) in [4.78, 5) is 35.0. The van der Waals surface area contributed by atoms with Gasteiger partial charge in [0.1, 0.15) is 6.54 Å². The van der Waals surface area contributed by atoms with Gasteiger partial charge in [0.2, 0.25) is 11.8 Å². The van der Waals surface area contributed by atoms with Crippen LogP contribution in [0.15, 0.2) is 0 Å². The maximum absolute atomic E-state index is 12.3. The fourth-order valence-electron chi connectivity index (χ4n) is 2.57. The summed E-state index contributed by atoms with van der Waals surface area (Å²) in [6.45, 7) is 3.17. The van der Waals surface area contributed by atoms with Crippen LogP contribution < -0.4 is 5.73 Å². The average Bonchev–Trinajstić information content (AvgIpc) is 2.54. The number of carboxylic acid groups (broad SMARTS) is 1. The fraction of sp³-hybridized carbons (Fsp3) is 0.750. The summed E-state index contributed by atoms with van der Waals surface area (Å²) in [5, 5.41) is 8.77. The quantitative estimate of drug-likeness (QED) is 0.734. The van der Waals surface area contributed by atoms with Crippen molar-refractivity contribution < 1.29 is 19.5 Å². The predicted octanol–water partition coefficient (Wildman–Crippen LogP) is 0.211. The Morgan fingerprint density at radius 3 is 2.33 bits per heavy atom. The Balaban J connectivity index is 2.81. The highest BCUT2D eigenvalue weighted by Crippen LogP contribution is 2.43. The van der Waals surface area contributed by atoms with Gasteiger partial charge in [-0.3, -0.25) is 14.4 Å². The molecule has 6 heteroatoms. The van der Waals surface area contributed by atoms with Crippen LogP contribution in [0.5, 0.6) is 0 Å². The van der Waals surface area contributed by atoms with E-state index < -0.39 is 18.4 Å². The monoisotopic (exact) mass is 256 g/mol. The normalized spacial score (nSPS) is 21.6. The van der Waals surface area contributed by atoms with Crippen molar-refractivity contribution in [2.45, 2.75) is 33.1 Å². The van der Waals surface area contributed by atoms with Crippen molar-refractivity contribution in [3.8, 4) is 0 Å². The maximum atomic E-state index is 12.3. The zero-order chi connectivity index (χ0) is 13.9. The minimum absolute atomic E-state index is 0.147. The highest BCUT2D eigenvalue weighted by molar-refractivity contribution is 5.88. The molecule has 0 aromatic rings. The second kappa shape index (κ2) is 5.37. The summed E-state index contributed by atoms with van der Waals surface area (Å²) in [6, 6.07) is 0. The van der Waals surface area contributed by atoms with Gasteiger partial charge in [0, 0.05) is 5.92 Å². The third kappa shape index (κ3) is 3.45. The lowest BCUT2D eigenvalue weighted by Crippen LogP contribution is -2.46. The van der Waals surface area contributed by atoms with Crippen molar-refractivity contribution in [1.29, 1.82) is 0 Å². The number of carbonyl (C=O) groups is 3. The number of amides is 2. The van der Waals surface area contributed by atoms with E-state index in [1.54, 1.807) is 0 Å². The van der Waals surface area contributed by atoms with Crippen LogP contribution in [0.3, 0.4) is 0 Å². The molecular weight excluding hydrogens is 236 g/mol. The number of aliphatic carboxylic acids is 1. The van der Waals surface area contributed by atoms with E-state index in [1.807, 2.05) is 13.8 Å². The second-order valence-corrected chi connectivity index (χ2v) is 5.49. The molecule has 1 fully saturated rings. The largest absolute Gasteiger partial charge is 0.480 e. The van der Waals surface area contributed by atoms with Gasteiger partial charge in [0.05, 0.1) is 6.54 Å². The second-order valence-electron chi connectivity index (χ2n) is 5.49. The molecule has 1 aliphatic carbocycles. The average molecular weight is 256 g/mol.